The number of likely N-dealkylation sites (N-methyl/N-ethyl adjacent to an activating group) is 1. The summed E-state index contributed by atoms with van der Waals surface area (Å²) >= 11 is 0. The van der Waals surface area contributed by atoms with E-state index in [4.69, 9.17) is 5.26 Å². The fraction of sp³-hybridized carbons (Fsp3) is 0.417. The molecular weight excluding hydrogens is 250 g/mol. The Morgan fingerprint density at radius 2 is 1.94 bits per heavy atom. The van der Waals surface area contributed by atoms with Crippen LogP contribution in [0.5, 0.6) is 0 Å². The zero-order valence-corrected chi connectivity index (χ0v) is 11.4. The van der Waals surface area contributed by atoms with E-state index < -0.39 is 10.0 Å². The lowest BCUT2D eigenvalue weighted by molar-refractivity contribution is 0.358. The Balaban J connectivity index is 2.66. The Hall–Kier alpha value is -1.42. The third-order valence-corrected chi connectivity index (χ3v) is 4.10. The number of nitrogens with one attached hydrogen (secondary N) is 1. The summed E-state index contributed by atoms with van der Waals surface area (Å²) in [4.78, 5) is 2.20. The normalized spacial score (nSPS) is 11.4. The molecule has 0 fully saturated rings. The van der Waals surface area contributed by atoms with Crippen molar-refractivity contribution < 1.29 is 8.42 Å². The topological polar surface area (TPSA) is 73.2 Å². The monoisotopic (exact) mass is 267 g/mol. The van der Waals surface area contributed by atoms with E-state index in [0.717, 1.165) is 6.54 Å². The zero-order chi connectivity index (χ0) is 13.6. The van der Waals surface area contributed by atoms with Crippen molar-refractivity contribution in [3.63, 3.8) is 0 Å². The summed E-state index contributed by atoms with van der Waals surface area (Å²) in [6, 6.07) is 7.80. The Morgan fingerprint density at radius 1 is 1.33 bits per heavy atom. The van der Waals surface area contributed by atoms with E-state index in [0.29, 0.717) is 18.7 Å². The van der Waals surface area contributed by atoms with Crippen molar-refractivity contribution in [1.82, 2.24) is 9.62 Å². The first-order chi connectivity index (χ1) is 8.49. The summed E-state index contributed by atoms with van der Waals surface area (Å²) in [5.74, 6) is 0. The Morgan fingerprint density at radius 3 is 2.44 bits per heavy atom. The van der Waals surface area contributed by atoms with Gasteiger partial charge in [0.05, 0.1) is 16.5 Å². The van der Waals surface area contributed by atoms with Crippen LogP contribution in [-0.4, -0.2) is 40.0 Å². The van der Waals surface area contributed by atoms with E-state index in [-0.39, 0.29) is 4.90 Å². The highest BCUT2D eigenvalue weighted by Gasteiger charge is 2.13. The molecule has 0 aliphatic heterocycles. The molecule has 98 valence electrons. The van der Waals surface area contributed by atoms with Crippen LogP contribution in [0.15, 0.2) is 29.2 Å². The summed E-state index contributed by atoms with van der Waals surface area (Å²) in [6.07, 6.45) is 0. The molecule has 18 heavy (non-hydrogen) atoms. The minimum absolute atomic E-state index is 0.181. The van der Waals surface area contributed by atoms with Gasteiger partial charge in [-0.1, -0.05) is 6.92 Å². The van der Waals surface area contributed by atoms with Crippen LogP contribution in [0, 0.1) is 11.3 Å². The fourth-order valence-electron chi connectivity index (χ4n) is 1.32. The molecule has 0 saturated heterocycles. The molecule has 0 bridgehead atoms. The maximum Gasteiger partial charge on any atom is 0.240 e. The maximum absolute atomic E-state index is 11.9. The van der Waals surface area contributed by atoms with Gasteiger partial charge in [-0.15, -0.1) is 0 Å². The van der Waals surface area contributed by atoms with Crippen LogP contribution >= 0.6 is 0 Å². The summed E-state index contributed by atoms with van der Waals surface area (Å²) in [6.45, 7) is 3.91. The molecule has 1 N–H and O–H groups in total. The van der Waals surface area contributed by atoms with Crippen LogP contribution < -0.4 is 4.72 Å². The predicted octanol–water partition coefficient (Wildman–Crippen LogP) is 0.788. The number of rotatable bonds is 6. The molecular formula is C12H17N3O2S. The molecule has 5 nitrogen and oxygen atoms in total. The van der Waals surface area contributed by atoms with E-state index in [1.165, 1.54) is 24.3 Å². The average molecular weight is 267 g/mol. The summed E-state index contributed by atoms with van der Waals surface area (Å²) in [7, 11) is -1.55. The summed E-state index contributed by atoms with van der Waals surface area (Å²) in [5, 5.41) is 8.64. The highest BCUT2D eigenvalue weighted by Crippen LogP contribution is 2.09. The van der Waals surface area contributed by atoms with Crippen LogP contribution in [0.1, 0.15) is 12.5 Å². The number of hydrogen-bond donors (Lipinski definition) is 1. The molecule has 0 saturated carbocycles. The van der Waals surface area contributed by atoms with Gasteiger partial charge in [-0.3, -0.25) is 0 Å². The highest BCUT2D eigenvalue weighted by atomic mass is 32.2. The number of benzene rings is 1. The van der Waals surface area contributed by atoms with Crippen LogP contribution in [0.3, 0.4) is 0 Å². The van der Waals surface area contributed by atoms with E-state index in [1.807, 2.05) is 24.9 Å². The van der Waals surface area contributed by atoms with E-state index in [9.17, 15) is 8.42 Å². The Labute approximate surface area is 108 Å². The van der Waals surface area contributed by atoms with Gasteiger partial charge in [0.15, 0.2) is 0 Å². The number of nitrogens with zero attached hydrogens (tertiary/aromatic N) is 2. The van der Waals surface area contributed by atoms with Crippen LogP contribution in [-0.2, 0) is 10.0 Å². The highest BCUT2D eigenvalue weighted by molar-refractivity contribution is 7.89. The molecule has 0 aliphatic carbocycles. The van der Waals surface area contributed by atoms with Gasteiger partial charge in [-0.25, -0.2) is 13.1 Å². The van der Waals surface area contributed by atoms with Gasteiger partial charge in [-0.2, -0.15) is 5.26 Å². The zero-order valence-electron chi connectivity index (χ0n) is 10.5. The van der Waals surface area contributed by atoms with E-state index >= 15 is 0 Å². The molecule has 1 aromatic rings. The van der Waals surface area contributed by atoms with Crippen molar-refractivity contribution in [1.29, 1.82) is 5.26 Å². The second-order valence-corrected chi connectivity index (χ2v) is 5.70. The second kappa shape index (κ2) is 6.50. The molecule has 6 heteroatoms. The quantitative estimate of drug-likeness (QED) is 0.827. The average Bonchev–Trinajstić information content (AvgIpc) is 2.38. The first-order valence-corrected chi connectivity index (χ1v) is 7.16. The third-order valence-electron chi connectivity index (χ3n) is 2.62. The number of hydrogen-bond acceptors (Lipinski definition) is 4. The van der Waals surface area contributed by atoms with Crippen molar-refractivity contribution in [3.8, 4) is 6.07 Å². The number of nitriles is 1. The first-order valence-electron chi connectivity index (χ1n) is 5.68. The Bertz CT molecular complexity index is 517. The van der Waals surface area contributed by atoms with Crippen LogP contribution in [0.25, 0.3) is 0 Å². The minimum atomic E-state index is -3.48. The second-order valence-electron chi connectivity index (χ2n) is 3.93. The van der Waals surface area contributed by atoms with Gasteiger partial charge in [0, 0.05) is 13.1 Å². The van der Waals surface area contributed by atoms with Crippen molar-refractivity contribution in [2.24, 2.45) is 0 Å². The standard InChI is InChI=1S/C12H17N3O2S/c1-3-15(2)9-8-14-18(16,17)12-6-4-11(10-13)5-7-12/h4-7,14H,3,8-9H2,1-2H3. The van der Waals surface area contributed by atoms with Crippen molar-refractivity contribution in [2.45, 2.75) is 11.8 Å². The minimum Gasteiger partial charge on any atom is -0.305 e. The van der Waals surface area contributed by atoms with E-state index in [1.54, 1.807) is 0 Å². The fourth-order valence-corrected chi connectivity index (χ4v) is 2.34. The van der Waals surface area contributed by atoms with Crippen molar-refractivity contribution >= 4 is 10.0 Å². The van der Waals surface area contributed by atoms with Gasteiger partial charge >= 0.3 is 0 Å². The largest absolute Gasteiger partial charge is 0.305 e. The van der Waals surface area contributed by atoms with Gasteiger partial charge in [0.2, 0.25) is 10.0 Å². The third kappa shape index (κ3) is 4.11. The molecule has 1 rings (SSSR count). The predicted molar refractivity (Wildman–Crippen MR) is 69.5 cm³/mol. The lowest BCUT2D eigenvalue weighted by Crippen LogP contribution is -2.32. The lowest BCUT2D eigenvalue weighted by atomic mass is 10.2. The van der Waals surface area contributed by atoms with Crippen LogP contribution in [0.2, 0.25) is 0 Å². The number of sulfonamides is 1. The van der Waals surface area contributed by atoms with Gasteiger partial charge in [-0.05, 0) is 37.9 Å². The maximum atomic E-state index is 11.9. The summed E-state index contributed by atoms with van der Waals surface area (Å²) in [5.41, 5.74) is 0.444. The molecule has 0 aliphatic rings. The van der Waals surface area contributed by atoms with Gasteiger partial charge in [0.25, 0.3) is 0 Å². The molecule has 1 aromatic carbocycles. The molecule has 0 heterocycles. The SMILES string of the molecule is CCN(C)CCNS(=O)(=O)c1ccc(C#N)cc1. The van der Waals surface area contributed by atoms with Crippen LogP contribution in [0.4, 0.5) is 0 Å². The molecule has 0 atom stereocenters. The van der Waals surface area contributed by atoms with Crippen molar-refractivity contribution in [3.05, 3.63) is 29.8 Å². The smallest absolute Gasteiger partial charge is 0.240 e. The molecule has 0 radical (unpaired) electrons. The molecule has 0 amide bonds. The Kier molecular flexibility index (Phi) is 5.28. The molecule has 0 aromatic heterocycles. The molecule has 0 unspecified atom stereocenters. The lowest BCUT2D eigenvalue weighted by Gasteiger charge is -2.14. The van der Waals surface area contributed by atoms with Gasteiger partial charge in [0.1, 0.15) is 0 Å². The summed E-state index contributed by atoms with van der Waals surface area (Å²) < 4.78 is 26.3. The van der Waals surface area contributed by atoms with Gasteiger partial charge < -0.3 is 4.90 Å². The molecule has 0 spiro atoms. The van der Waals surface area contributed by atoms with Crippen molar-refractivity contribution in [2.75, 3.05) is 26.7 Å². The van der Waals surface area contributed by atoms with E-state index in [2.05, 4.69) is 4.72 Å². The first kappa shape index (κ1) is 14.6.